The van der Waals surface area contributed by atoms with Crippen molar-refractivity contribution in [2.45, 2.75) is 19.9 Å². The normalized spacial score (nSPS) is 15.7. The Morgan fingerprint density at radius 3 is 1.93 bits per heavy atom. The van der Waals surface area contributed by atoms with Gasteiger partial charge in [0.25, 0.3) is 0 Å². The molecule has 2 aliphatic heterocycles. The molecule has 1 N–H and O–H groups in total. The summed E-state index contributed by atoms with van der Waals surface area (Å²) in [6.45, 7) is 8.27. The van der Waals surface area contributed by atoms with Crippen LogP contribution in [0.3, 0.4) is 0 Å². The average molecular weight is 888 g/mol. The molecule has 0 amide bonds. The summed E-state index contributed by atoms with van der Waals surface area (Å²) in [4.78, 5) is 5.01. The standard InChI is InChI=1S/C65H51N4/c1-4-6-16-46(5-2)59-21-14-23-61(66-59)52-32-28-47(29-33-52)50-38-42-55(43-39-50)69-64-26-13-11-20-57(64)58-44-27-45(3)56-19-10-12-25-63(56)68(65(58)69)54-40-36-49(37-41-54)48-30-34-53(35-31-48)62-24-15-22-60(67-62)51-17-8-7-9-18-51/h4-44,61,66H,2H2,1,3H3/q+1/b6-4-,44-27?,45-27+,46-16+,56-45?,58-44-. The number of nitrogens with zero attached hydrogens (tertiary/aromatic N) is 3. The number of dihydropyridines is 1. The third-order valence-electron chi connectivity index (χ3n) is 13.2. The molecule has 4 heterocycles. The van der Waals surface area contributed by atoms with Gasteiger partial charge in [-0.25, -0.2) is 4.98 Å². The van der Waals surface area contributed by atoms with Crippen molar-refractivity contribution in [3.05, 3.63) is 282 Å². The van der Waals surface area contributed by atoms with Gasteiger partial charge in [0.15, 0.2) is 0 Å². The van der Waals surface area contributed by atoms with Crippen LogP contribution in [0.25, 0.3) is 73.0 Å². The second-order valence-corrected chi connectivity index (χ2v) is 17.5. The van der Waals surface area contributed by atoms with Crippen molar-refractivity contribution in [2.75, 3.05) is 0 Å². The van der Waals surface area contributed by atoms with E-state index in [1.165, 1.54) is 32.9 Å². The van der Waals surface area contributed by atoms with Crippen LogP contribution in [0.4, 0.5) is 11.4 Å². The van der Waals surface area contributed by atoms with Crippen LogP contribution in [0.2, 0.25) is 0 Å². The topological polar surface area (TPSA) is 32.9 Å². The second-order valence-electron chi connectivity index (χ2n) is 17.5. The molecule has 0 saturated heterocycles. The predicted molar refractivity (Wildman–Crippen MR) is 290 cm³/mol. The molecule has 9 aromatic rings. The van der Waals surface area contributed by atoms with E-state index >= 15 is 0 Å². The Bertz CT molecular complexity index is 3680. The highest BCUT2D eigenvalue weighted by Gasteiger charge is 2.26. The summed E-state index contributed by atoms with van der Waals surface area (Å²) in [5.41, 5.74) is 20.0. The van der Waals surface area contributed by atoms with Gasteiger partial charge >= 0.3 is 5.49 Å². The summed E-state index contributed by atoms with van der Waals surface area (Å²) >= 11 is 0. The molecule has 0 fully saturated rings. The maximum atomic E-state index is 5.01. The van der Waals surface area contributed by atoms with Crippen LogP contribution in [-0.4, -0.2) is 9.55 Å². The molecule has 1 atom stereocenters. The fourth-order valence-electron chi connectivity index (χ4n) is 9.63. The highest BCUT2D eigenvalue weighted by Crippen LogP contribution is 2.33. The van der Waals surface area contributed by atoms with Crippen LogP contribution in [0.1, 0.15) is 31.0 Å². The molecule has 1 unspecified atom stereocenters. The predicted octanol–water partition coefficient (Wildman–Crippen LogP) is 14.8. The lowest BCUT2D eigenvalue weighted by Gasteiger charge is -2.23. The summed E-state index contributed by atoms with van der Waals surface area (Å²) < 4.78 is 4.88. The molecule has 4 heteroatoms. The Balaban J connectivity index is 0.964. The van der Waals surface area contributed by atoms with Gasteiger partial charge in [0.05, 0.1) is 22.6 Å². The maximum Gasteiger partial charge on any atom is 0.300 e. The first-order valence-electron chi connectivity index (χ1n) is 23.6. The molecule has 0 spiro atoms. The van der Waals surface area contributed by atoms with E-state index in [1.54, 1.807) is 0 Å². The minimum absolute atomic E-state index is 0.0652. The van der Waals surface area contributed by atoms with Gasteiger partial charge in [0, 0.05) is 27.8 Å². The van der Waals surface area contributed by atoms with Gasteiger partial charge in [-0.15, -0.1) is 0 Å². The summed E-state index contributed by atoms with van der Waals surface area (Å²) in [7, 11) is 0. The Hall–Kier alpha value is -8.86. The zero-order valence-corrected chi connectivity index (χ0v) is 38.8. The number of nitrogens with one attached hydrogen (secondary N) is 1. The van der Waals surface area contributed by atoms with Gasteiger partial charge in [-0.2, -0.15) is 9.14 Å². The van der Waals surface area contributed by atoms with Crippen molar-refractivity contribution in [2.24, 2.45) is 0 Å². The van der Waals surface area contributed by atoms with E-state index in [-0.39, 0.29) is 6.04 Å². The van der Waals surface area contributed by atoms with Crippen LogP contribution in [0.15, 0.2) is 261 Å². The number of allylic oxidation sites excluding steroid dienone is 8. The fraction of sp³-hybridized carbons (Fsp3) is 0.0462. The lowest BCUT2D eigenvalue weighted by Crippen LogP contribution is -2.39. The first-order valence-corrected chi connectivity index (χ1v) is 23.6. The number of rotatable bonds is 10. The minimum Gasteiger partial charge on any atom is -0.374 e. The zero-order valence-electron chi connectivity index (χ0n) is 38.8. The minimum atomic E-state index is 0.0652. The Labute approximate surface area is 404 Å². The lowest BCUT2D eigenvalue weighted by molar-refractivity contribution is 0.714. The molecule has 4 nitrogen and oxygen atoms in total. The smallest absolute Gasteiger partial charge is 0.300 e. The largest absolute Gasteiger partial charge is 0.374 e. The molecule has 330 valence electrons. The zero-order chi connectivity index (χ0) is 46.7. The summed E-state index contributed by atoms with van der Waals surface area (Å²) in [6.07, 6.45) is 19.0. The quantitative estimate of drug-likeness (QED) is 0.110. The number of benzene rings is 7. The first kappa shape index (κ1) is 42.8. The SMILES string of the molecule is C=C/C(=C\C=C/C)C1=CC=CC(c2ccc(-c3ccc(-n4c5/c(c6ccccc64)=C\C=C(/C)c4ccccc4[N+]=5c4ccc(-c5ccc(-c6cccc(-c7ccccc7)n6)cc5)cc4)cc3)cc2)N1. The highest BCUT2D eigenvalue weighted by atomic mass is 15.1. The van der Waals surface area contributed by atoms with E-state index in [0.29, 0.717) is 0 Å². The van der Waals surface area contributed by atoms with E-state index in [0.717, 1.165) is 78.5 Å². The van der Waals surface area contributed by atoms with Crippen molar-refractivity contribution < 1.29 is 0 Å². The number of hydrogen-bond donors (Lipinski definition) is 1. The van der Waals surface area contributed by atoms with Crippen molar-refractivity contribution in [3.8, 4) is 50.5 Å². The van der Waals surface area contributed by atoms with Gasteiger partial charge < -0.3 is 5.32 Å². The van der Waals surface area contributed by atoms with Crippen molar-refractivity contribution in [1.82, 2.24) is 19.4 Å². The van der Waals surface area contributed by atoms with Crippen LogP contribution < -0.4 is 20.6 Å². The molecule has 11 rings (SSSR count). The molecular weight excluding hydrogens is 837 g/mol. The average Bonchev–Trinajstić information content (AvgIpc) is 3.74. The van der Waals surface area contributed by atoms with Crippen LogP contribution in [0, 0.1) is 0 Å². The van der Waals surface area contributed by atoms with Gasteiger partial charge in [-0.05, 0) is 120 Å². The van der Waals surface area contributed by atoms with Gasteiger partial charge in [-0.1, -0.05) is 189 Å². The van der Waals surface area contributed by atoms with Crippen molar-refractivity contribution in [3.63, 3.8) is 0 Å². The van der Waals surface area contributed by atoms with E-state index in [1.807, 2.05) is 31.2 Å². The van der Waals surface area contributed by atoms with Crippen LogP contribution in [0.5, 0.6) is 0 Å². The van der Waals surface area contributed by atoms with Crippen molar-refractivity contribution in [1.29, 1.82) is 0 Å². The molecule has 0 radical (unpaired) electrons. The van der Waals surface area contributed by atoms with Gasteiger partial charge in [0.1, 0.15) is 22.6 Å². The molecule has 2 aliphatic rings. The van der Waals surface area contributed by atoms with Crippen LogP contribution in [-0.2, 0) is 0 Å². The van der Waals surface area contributed by atoms with Crippen LogP contribution >= 0.6 is 0 Å². The molecular formula is C65H51N4+. The molecule has 0 aliphatic carbocycles. The van der Waals surface area contributed by atoms with Crippen molar-refractivity contribution >= 4 is 33.9 Å². The number of hydrogen-bond acceptors (Lipinski definition) is 2. The summed E-state index contributed by atoms with van der Waals surface area (Å²) in [5.74, 6) is 0. The van der Waals surface area contributed by atoms with E-state index in [9.17, 15) is 0 Å². The molecule has 69 heavy (non-hydrogen) atoms. The summed E-state index contributed by atoms with van der Waals surface area (Å²) in [5, 5.41) is 6.06. The molecule has 0 saturated carbocycles. The highest BCUT2D eigenvalue weighted by molar-refractivity contribution is 5.87. The second kappa shape index (κ2) is 18.8. The first-order chi connectivity index (χ1) is 34.0. The molecule has 7 aromatic carbocycles. The van der Waals surface area contributed by atoms with Gasteiger partial charge in [-0.3, -0.25) is 0 Å². The van der Waals surface area contributed by atoms with E-state index < -0.39 is 0 Å². The van der Waals surface area contributed by atoms with E-state index in [4.69, 9.17) is 4.98 Å². The Morgan fingerprint density at radius 1 is 0.609 bits per heavy atom. The number of para-hydroxylation sites is 2. The van der Waals surface area contributed by atoms with E-state index in [2.05, 4.69) is 252 Å². The number of pyridine rings is 1. The lowest BCUT2D eigenvalue weighted by atomic mass is 9.98. The van der Waals surface area contributed by atoms with Gasteiger partial charge in [0.2, 0.25) is 0 Å². The monoisotopic (exact) mass is 887 g/mol. The third-order valence-corrected chi connectivity index (χ3v) is 13.2. The number of aromatic nitrogens is 2. The summed E-state index contributed by atoms with van der Waals surface area (Å²) in [6, 6.07) is 69.9. The Kier molecular flexibility index (Phi) is 11.6. The fourth-order valence-corrected chi connectivity index (χ4v) is 9.63. The maximum absolute atomic E-state index is 5.01. The molecule has 0 bridgehead atoms. The molecule has 2 aromatic heterocycles. The third kappa shape index (κ3) is 8.34. The number of fused-ring (bicyclic) bond motifs is 4. The Morgan fingerprint density at radius 2 is 1.22 bits per heavy atom.